The van der Waals surface area contributed by atoms with E-state index < -0.39 is 0 Å². The van der Waals surface area contributed by atoms with Crippen molar-refractivity contribution in [2.45, 2.75) is 38.1 Å². The summed E-state index contributed by atoms with van der Waals surface area (Å²) in [5.41, 5.74) is 7.73. The standard InChI is InChI=1S/C17H25N3O.2ClH/c18-16-4-2-1-3-14(16)5-8-17(21)19-11-13-9-10-20(12-13)15-6-7-15;;/h1-4,13,15H,5-12,18H2,(H,19,21);2*1H. The largest absolute Gasteiger partial charge is 0.399 e. The van der Waals surface area contributed by atoms with Crippen LogP contribution in [0.1, 0.15) is 31.2 Å². The van der Waals surface area contributed by atoms with Gasteiger partial charge in [-0.05, 0) is 49.8 Å². The fourth-order valence-electron chi connectivity index (χ4n) is 3.16. The molecular formula is C17H27Cl2N3O. The van der Waals surface area contributed by atoms with Crippen LogP contribution in [0.25, 0.3) is 0 Å². The summed E-state index contributed by atoms with van der Waals surface area (Å²) >= 11 is 0. The lowest BCUT2D eigenvalue weighted by Crippen LogP contribution is -2.31. The van der Waals surface area contributed by atoms with Gasteiger partial charge in [0.25, 0.3) is 0 Å². The number of hydrogen-bond donors (Lipinski definition) is 2. The van der Waals surface area contributed by atoms with Crippen molar-refractivity contribution in [3.63, 3.8) is 0 Å². The monoisotopic (exact) mass is 359 g/mol. The fourth-order valence-corrected chi connectivity index (χ4v) is 3.16. The molecular weight excluding hydrogens is 333 g/mol. The number of nitrogens with one attached hydrogen (secondary N) is 1. The van der Waals surface area contributed by atoms with E-state index >= 15 is 0 Å². The lowest BCUT2D eigenvalue weighted by atomic mass is 10.1. The molecule has 1 heterocycles. The first kappa shape index (κ1) is 20.1. The van der Waals surface area contributed by atoms with Gasteiger partial charge in [0.1, 0.15) is 0 Å². The van der Waals surface area contributed by atoms with Gasteiger partial charge >= 0.3 is 0 Å². The van der Waals surface area contributed by atoms with E-state index in [-0.39, 0.29) is 30.7 Å². The number of nitrogens with zero attached hydrogens (tertiary/aromatic N) is 1. The van der Waals surface area contributed by atoms with Gasteiger partial charge in [0.2, 0.25) is 5.91 Å². The number of rotatable bonds is 6. The molecule has 1 aromatic rings. The maximum absolute atomic E-state index is 11.9. The third kappa shape index (κ3) is 5.87. The first-order valence-corrected chi connectivity index (χ1v) is 8.06. The second-order valence-corrected chi connectivity index (χ2v) is 6.38. The van der Waals surface area contributed by atoms with E-state index in [0.717, 1.165) is 36.8 Å². The number of benzene rings is 1. The molecule has 130 valence electrons. The fraction of sp³-hybridized carbons (Fsp3) is 0.588. The Kier molecular flexibility index (Phi) is 8.17. The first-order chi connectivity index (χ1) is 10.2. The second-order valence-electron chi connectivity index (χ2n) is 6.38. The van der Waals surface area contributed by atoms with Gasteiger partial charge in [-0.3, -0.25) is 4.79 Å². The van der Waals surface area contributed by atoms with Gasteiger partial charge in [-0.15, -0.1) is 24.8 Å². The Bertz CT molecular complexity index is 508. The molecule has 1 aliphatic heterocycles. The predicted molar refractivity (Wildman–Crippen MR) is 99.4 cm³/mol. The average molecular weight is 360 g/mol. The van der Waals surface area contributed by atoms with Crippen molar-refractivity contribution in [3.05, 3.63) is 29.8 Å². The molecule has 1 aliphatic carbocycles. The summed E-state index contributed by atoms with van der Waals surface area (Å²) < 4.78 is 0. The van der Waals surface area contributed by atoms with Crippen LogP contribution in [0.4, 0.5) is 5.69 Å². The van der Waals surface area contributed by atoms with Crippen molar-refractivity contribution in [1.82, 2.24) is 10.2 Å². The summed E-state index contributed by atoms with van der Waals surface area (Å²) in [7, 11) is 0. The summed E-state index contributed by atoms with van der Waals surface area (Å²) in [6, 6.07) is 8.62. The minimum atomic E-state index is 0. The number of likely N-dealkylation sites (tertiary alicyclic amines) is 1. The molecule has 1 atom stereocenters. The minimum Gasteiger partial charge on any atom is -0.399 e. The van der Waals surface area contributed by atoms with Crippen LogP contribution in [-0.4, -0.2) is 36.5 Å². The van der Waals surface area contributed by atoms with E-state index in [4.69, 9.17) is 5.73 Å². The van der Waals surface area contributed by atoms with Crippen molar-refractivity contribution in [2.24, 2.45) is 5.92 Å². The highest BCUT2D eigenvalue weighted by molar-refractivity contribution is 5.85. The average Bonchev–Trinajstić information content (AvgIpc) is 3.23. The Morgan fingerprint density at radius 3 is 2.65 bits per heavy atom. The van der Waals surface area contributed by atoms with E-state index in [1.165, 1.54) is 25.8 Å². The number of amides is 1. The highest BCUT2D eigenvalue weighted by Gasteiger charge is 2.34. The minimum absolute atomic E-state index is 0. The molecule has 0 radical (unpaired) electrons. The number of carbonyl (C=O) groups excluding carboxylic acids is 1. The molecule has 1 amide bonds. The van der Waals surface area contributed by atoms with Gasteiger partial charge in [-0.25, -0.2) is 0 Å². The Morgan fingerprint density at radius 1 is 1.22 bits per heavy atom. The molecule has 1 aromatic carbocycles. The molecule has 2 fully saturated rings. The third-order valence-corrected chi connectivity index (χ3v) is 4.64. The maximum Gasteiger partial charge on any atom is 0.220 e. The molecule has 0 spiro atoms. The van der Waals surface area contributed by atoms with Gasteiger partial charge in [0.05, 0.1) is 0 Å². The van der Waals surface area contributed by atoms with Gasteiger partial charge in [-0.1, -0.05) is 18.2 Å². The smallest absolute Gasteiger partial charge is 0.220 e. The van der Waals surface area contributed by atoms with Gasteiger partial charge in [-0.2, -0.15) is 0 Å². The zero-order chi connectivity index (χ0) is 14.7. The number of halogens is 2. The second kappa shape index (κ2) is 9.36. The van der Waals surface area contributed by atoms with E-state index in [2.05, 4.69) is 10.2 Å². The number of nitrogens with two attached hydrogens (primary N) is 1. The van der Waals surface area contributed by atoms with Crippen molar-refractivity contribution in [2.75, 3.05) is 25.4 Å². The van der Waals surface area contributed by atoms with Crippen LogP contribution in [-0.2, 0) is 11.2 Å². The Morgan fingerprint density at radius 2 is 1.96 bits per heavy atom. The van der Waals surface area contributed by atoms with Gasteiger partial charge in [0.15, 0.2) is 0 Å². The number of carbonyl (C=O) groups is 1. The van der Waals surface area contributed by atoms with Crippen LogP contribution >= 0.6 is 24.8 Å². The molecule has 3 rings (SSSR count). The topological polar surface area (TPSA) is 58.4 Å². The summed E-state index contributed by atoms with van der Waals surface area (Å²) in [5.74, 6) is 0.777. The molecule has 1 saturated carbocycles. The summed E-state index contributed by atoms with van der Waals surface area (Å²) in [6.45, 7) is 3.20. The van der Waals surface area contributed by atoms with Crippen LogP contribution < -0.4 is 11.1 Å². The van der Waals surface area contributed by atoms with Crippen molar-refractivity contribution >= 4 is 36.4 Å². The van der Waals surface area contributed by atoms with Crippen LogP contribution in [0.2, 0.25) is 0 Å². The molecule has 4 nitrogen and oxygen atoms in total. The summed E-state index contributed by atoms with van der Waals surface area (Å²) in [5, 5.41) is 3.09. The van der Waals surface area contributed by atoms with Crippen LogP contribution in [0.3, 0.4) is 0 Å². The molecule has 1 unspecified atom stereocenters. The number of hydrogen-bond acceptors (Lipinski definition) is 3. The predicted octanol–water partition coefficient (Wildman–Crippen LogP) is 2.65. The van der Waals surface area contributed by atoms with E-state index in [1.807, 2.05) is 24.3 Å². The lowest BCUT2D eigenvalue weighted by Gasteiger charge is -2.15. The number of para-hydroxylation sites is 1. The molecule has 3 N–H and O–H groups in total. The van der Waals surface area contributed by atoms with Crippen molar-refractivity contribution < 1.29 is 4.79 Å². The van der Waals surface area contributed by atoms with Crippen LogP contribution in [0.5, 0.6) is 0 Å². The number of nitrogen functional groups attached to an aromatic ring is 1. The number of aryl methyl sites for hydroxylation is 1. The molecule has 0 aromatic heterocycles. The first-order valence-electron chi connectivity index (χ1n) is 8.06. The normalized spacial score (nSPS) is 20.4. The molecule has 23 heavy (non-hydrogen) atoms. The molecule has 2 aliphatic rings. The van der Waals surface area contributed by atoms with Crippen LogP contribution in [0.15, 0.2) is 24.3 Å². The zero-order valence-corrected chi connectivity index (χ0v) is 15.0. The van der Waals surface area contributed by atoms with E-state index in [0.29, 0.717) is 12.3 Å². The van der Waals surface area contributed by atoms with E-state index in [1.54, 1.807) is 0 Å². The quantitative estimate of drug-likeness (QED) is 0.767. The number of anilines is 1. The molecule has 0 bridgehead atoms. The third-order valence-electron chi connectivity index (χ3n) is 4.64. The SMILES string of the molecule is Cl.Cl.Nc1ccccc1CCC(=O)NCC1CCN(C2CC2)C1. The van der Waals surface area contributed by atoms with Gasteiger partial charge in [0, 0.05) is 31.2 Å². The Balaban J connectivity index is 0.00000132. The van der Waals surface area contributed by atoms with Crippen LogP contribution in [0, 0.1) is 5.92 Å². The molecule has 6 heteroatoms. The summed E-state index contributed by atoms with van der Waals surface area (Å²) in [6.07, 6.45) is 5.21. The van der Waals surface area contributed by atoms with E-state index in [9.17, 15) is 4.79 Å². The summed E-state index contributed by atoms with van der Waals surface area (Å²) in [4.78, 5) is 14.5. The highest BCUT2D eigenvalue weighted by atomic mass is 35.5. The Labute approximate surface area is 151 Å². The zero-order valence-electron chi connectivity index (χ0n) is 13.4. The Hall–Kier alpha value is -0.970. The van der Waals surface area contributed by atoms with Gasteiger partial charge < -0.3 is 16.0 Å². The maximum atomic E-state index is 11.9. The molecule has 1 saturated heterocycles. The highest BCUT2D eigenvalue weighted by Crippen LogP contribution is 2.31. The van der Waals surface area contributed by atoms with Crippen molar-refractivity contribution in [1.29, 1.82) is 0 Å². The lowest BCUT2D eigenvalue weighted by molar-refractivity contribution is -0.121. The van der Waals surface area contributed by atoms with Crippen molar-refractivity contribution in [3.8, 4) is 0 Å².